The molecule has 0 aliphatic heterocycles. The molecule has 0 bridgehead atoms. The van der Waals surface area contributed by atoms with Crippen LogP contribution in [0.1, 0.15) is 37.7 Å². The standard InChI is InChI=1S/C14H19FO3/c15-11-6-10(9-16)7-12(8-11)18-14-5-3-1-2-4-13(14)17/h6-8,13-14,16-17H,1-5,9H2. The van der Waals surface area contributed by atoms with Crippen molar-refractivity contribution in [3.63, 3.8) is 0 Å². The van der Waals surface area contributed by atoms with Gasteiger partial charge in [0, 0.05) is 6.07 Å². The van der Waals surface area contributed by atoms with Crippen LogP contribution >= 0.6 is 0 Å². The number of ether oxygens (including phenoxy) is 1. The van der Waals surface area contributed by atoms with Gasteiger partial charge in [-0.05, 0) is 37.0 Å². The summed E-state index contributed by atoms with van der Waals surface area (Å²) in [7, 11) is 0. The molecule has 1 saturated carbocycles. The summed E-state index contributed by atoms with van der Waals surface area (Å²) in [4.78, 5) is 0. The van der Waals surface area contributed by atoms with Gasteiger partial charge >= 0.3 is 0 Å². The maximum absolute atomic E-state index is 13.3. The molecule has 4 heteroatoms. The molecule has 0 aromatic heterocycles. The van der Waals surface area contributed by atoms with E-state index >= 15 is 0 Å². The normalized spacial score (nSPS) is 24.6. The van der Waals surface area contributed by atoms with Crippen molar-refractivity contribution in [3.05, 3.63) is 29.6 Å². The van der Waals surface area contributed by atoms with E-state index in [9.17, 15) is 9.50 Å². The zero-order chi connectivity index (χ0) is 13.0. The minimum atomic E-state index is -0.492. The molecule has 2 rings (SSSR count). The summed E-state index contributed by atoms with van der Waals surface area (Å²) >= 11 is 0. The number of aliphatic hydroxyl groups is 2. The zero-order valence-corrected chi connectivity index (χ0v) is 10.3. The third-order valence-corrected chi connectivity index (χ3v) is 3.32. The van der Waals surface area contributed by atoms with Crippen molar-refractivity contribution in [2.45, 2.75) is 50.9 Å². The van der Waals surface area contributed by atoms with Crippen molar-refractivity contribution in [3.8, 4) is 5.75 Å². The van der Waals surface area contributed by atoms with Gasteiger partial charge in [-0.15, -0.1) is 0 Å². The summed E-state index contributed by atoms with van der Waals surface area (Å²) < 4.78 is 19.0. The van der Waals surface area contributed by atoms with Crippen molar-refractivity contribution >= 4 is 0 Å². The van der Waals surface area contributed by atoms with E-state index in [1.165, 1.54) is 12.1 Å². The average molecular weight is 254 g/mol. The first-order chi connectivity index (χ1) is 8.69. The highest BCUT2D eigenvalue weighted by Crippen LogP contribution is 2.24. The summed E-state index contributed by atoms with van der Waals surface area (Å²) in [6.45, 7) is -0.221. The Bertz CT molecular complexity index is 395. The molecule has 0 saturated heterocycles. The Morgan fingerprint density at radius 1 is 1.17 bits per heavy atom. The first kappa shape index (κ1) is 13.3. The second-order valence-corrected chi connectivity index (χ2v) is 4.81. The Balaban J connectivity index is 2.09. The van der Waals surface area contributed by atoms with Crippen molar-refractivity contribution in [2.75, 3.05) is 0 Å². The lowest BCUT2D eigenvalue weighted by molar-refractivity contribution is 0.0317. The van der Waals surface area contributed by atoms with E-state index in [2.05, 4.69) is 0 Å². The summed E-state index contributed by atoms with van der Waals surface area (Å²) in [6.07, 6.45) is 3.87. The molecule has 18 heavy (non-hydrogen) atoms. The van der Waals surface area contributed by atoms with E-state index < -0.39 is 11.9 Å². The van der Waals surface area contributed by atoms with Crippen molar-refractivity contribution in [2.24, 2.45) is 0 Å². The van der Waals surface area contributed by atoms with E-state index in [-0.39, 0.29) is 12.7 Å². The average Bonchev–Trinajstić information content (AvgIpc) is 2.54. The SMILES string of the molecule is OCc1cc(F)cc(OC2CCCCCC2O)c1. The molecule has 2 unspecified atom stereocenters. The molecule has 1 aliphatic carbocycles. The van der Waals surface area contributed by atoms with Crippen LogP contribution < -0.4 is 4.74 Å². The molecule has 0 radical (unpaired) electrons. The zero-order valence-electron chi connectivity index (χ0n) is 10.3. The predicted molar refractivity (Wildman–Crippen MR) is 65.8 cm³/mol. The predicted octanol–water partition coefficient (Wildman–Crippen LogP) is 2.39. The van der Waals surface area contributed by atoms with Crippen LogP contribution in [0.3, 0.4) is 0 Å². The highest BCUT2D eigenvalue weighted by atomic mass is 19.1. The number of benzene rings is 1. The minimum Gasteiger partial charge on any atom is -0.488 e. The monoisotopic (exact) mass is 254 g/mol. The lowest BCUT2D eigenvalue weighted by atomic mass is 10.1. The van der Waals surface area contributed by atoms with Crippen molar-refractivity contribution in [1.82, 2.24) is 0 Å². The van der Waals surface area contributed by atoms with E-state index in [0.717, 1.165) is 32.1 Å². The van der Waals surface area contributed by atoms with Gasteiger partial charge in [-0.1, -0.05) is 12.8 Å². The lowest BCUT2D eigenvalue weighted by Gasteiger charge is -2.22. The van der Waals surface area contributed by atoms with Gasteiger partial charge in [-0.2, -0.15) is 0 Å². The molecule has 100 valence electrons. The van der Waals surface area contributed by atoms with E-state index in [1.807, 2.05) is 0 Å². The molecule has 3 nitrogen and oxygen atoms in total. The van der Waals surface area contributed by atoms with Crippen molar-refractivity contribution < 1.29 is 19.3 Å². The van der Waals surface area contributed by atoms with Crippen LogP contribution in [0.25, 0.3) is 0 Å². The summed E-state index contributed by atoms with van der Waals surface area (Å²) in [6, 6.07) is 4.17. The largest absolute Gasteiger partial charge is 0.488 e. The van der Waals surface area contributed by atoms with Crippen LogP contribution in [0.2, 0.25) is 0 Å². The van der Waals surface area contributed by atoms with Gasteiger partial charge in [0.15, 0.2) is 0 Å². The van der Waals surface area contributed by atoms with Gasteiger partial charge in [0.2, 0.25) is 0 Å². The first-order valence-electron chi connectivity index (χ1n) is 6.44. The maximum Gasteiger partial charge on any atom is 0.127 e. The number of rotatable bonds is 3. The first-order valence-corrected chi connectivity index (χ1v) is 6.44. The Labute approximate surface area is 106 Å². The van der Waals surface area contributed by atoms with Gasteiger partial charge in [0.1, 0.15) is 17.7 Å². The molecule has 0 heterocycles. The molecule has 0 spiro atoms. The Morgan fingerprint density at radius 2 is 1.94 bits per heavy atom. The summed E-state index contributed by atoms with van der Waals surface area (Å²) in [5.74, 6) is -0.0512. The summed E-state index contributed by atoms with van der Waals surface area (Å²) in [5.41, 5.74) is 0.480. The van der Waals surface area contributed by atoms with Gasteiger partial charge in [0.05, 0.1) is 12.7 Å². The fraction of sp³-hybridized carbons (Fsp3) is 0.571. The molecule has 1 aliphatic rings. The lowest BCUT2D eigenvalue weighted by Crippen LogP contribution is -2.30. The Hall–Kier alpha value is -1.13. The molecular weight excluding hydrogens is 235 g/mol. The third-order valence-electron chi connectivity index (χ3n) is 3.32. The van der Waals surface area contributed by atoms with Crippen LogP contribution in [0.15, 0.2) is 18.2 Å². The molecular formula is C14H19FO3. The molecule has 1 aromatic carbocycles. The van der Waals surface area contributed by atoms with Crippen LogP contribution in [-0.4, -0.2) is 22.4 Å². The van der Waals surface area contributed by atoms with E-state index in [1.54, 1.807) is 6.07 Å². The Kier molecular flexibility index (Phi) is 4.55. The molecule has 2 atom stereocenters. The minimum absolute atomic E-state index is 0.221. The van der Waals surface area contributed by atoms with Gasteiger partial charge in [-0.3, -0.25) is 0 Å². The molecule has 0 amide bonds. The van der Waals surface area contributed by atoms with Crippen LogP contribution in [-0.2, 0) is 6.61 Å². The highest BCUT2D eigenvalue weighted by Gasteiger charge is 2.23. The molecule has 1 aromatic rings. The maximum atomic E-state index is 13.3. The number of aliphatic hydroxyl groups excluding tert-OH is 2. The van der Waals surface area contributed by atoms with Crippen LogP contribution in [0.5, 0.6) is 5.75 Å². The topological polar surface area (TPSA) is 49.7 Å². The van der Waals surface area contributed by atoms with E-state index in [4.69, 9.17) is 9.84 Å². The van der Waals surface area contributed by atoms with Gasteiger partial charge in [0.25, 0.3) is 0 Å². The Morgan fingerprint density at radius 3 is 2.72 bits per heavy atom. The van der Waals surface area contributed by atoms with Gasteiger partial charge in [-0.25, -0.2) is 4.39 Å². The van der Waals surface area contributed by atoms with Gasteiger partial charge < -0.3 is 14.9 Å². The molecule has 2 N–H and O–H groups in total. The van der Waals surface area contributed by atoms with Crippen LogP contribution in [0, 0.1) is 5.82 Å². The third kappa shape index (κ3) is 3.43. The fourth-order valence-corrected chi connectivity index (χ4v) is 2.35. The summed E-state index contributed by atoms with van der Waals surface area (Å²) in [5, 5.41) is 19.0. The van der Waals surface area contributed by atoms with Crippen LogP contribution in [0.4, 0.5) is 4.39 Å². The smallest absolute Gasteiger partial charge is 0.127 e. The quantitative estimate of drug-likeness (QED) is 0.814. The second-order valence-electron chi connectivity index (χ2n) is 4.81. The van der Waals surface area contributed by atoms with Crippen molar-refractivity contribution in [1.29, 1.82) is 0 Å². The fourth-order valence-electron chi connectivity index (χ4n) is 2.35. The number of hydrogen-bond acceptors (Lipinski definition) is 3. The number of halogens is 1. The second kappa shape index (κ2) is 6.16. The van der Waals surface area contributed by atoms with E-state index in [0.29, 0.717) is 11.3 Å². The number of hydrogen-bond donors (Lipinski definition) is 2. The highest BCUT2D eigenvalue weighted by molar-refractivity contribution is 5.29. The molecule has 1 fully saturated rings.